The fraction of sp³-hybridized carbons (Fsp3) is 0.375. The number of hydrogen-bond acceptors (Lipinski definition) is 5. The van der Waals surface area contributed by atoms with Gasteiger partial charge in [0, 0.05) is 0 Å². The van der Waals surface area contributed by atoms with Gasteiger partial charge in [-0.05, 0) is 6.92 Å². The lowest BCUT2D eigenvalue weighted by Crippen LogP contribution is -2.42. The van der Waals surface area contributed by atoms with Crippen molar-refractivity contribution in [3.05, 3.63) is 11.6 Å². The molecular formula is C8H10N4O5. The van der Waals surface area contributed by atoms with Crippen molar-refractivity contribution in [3.63, 3.8) is 0 Å². The van der Waals surface area contributed by atoms with Crippen LogP contribution in [0, 0.1) is 6.92 Å². The van der Waals surface area contributed by atoms with Crippen molar-refractivity contribution in [1.29, 1.82) is 0 Å². The van der Waals surface area contributed by atoms with E-state index in [1.165, 1.54) is 0 Å². The summed E-state index contributed by atoms with van der Waals surface area (Å²) in [7, 11) is 0. The lowest BCUT2D eigenvalue weighted by Gasteiger charge is -2.10. The van der Waals surface area contributed by atoms with Gasteiger partial charge >= 0.3 is 11.9 Å². The number of carbonyl (C=O) groups excluding carboxylic acids is 1. The standard InChI is InChI=1S/C8H10N4O5/c1-3-9-6(12-11-3)7(15)10-4(8(16)17)2-5(13)14/h4H,2H2,1H3,(H,10,15)(H,13,14)(H,16,17)(H,9,11,12)/t4-/m1/s1. The van der Waals surface area contributed by atoms with Crippen LogP contribution in [0.1, 0.15) is 22.9 Å². The first-order valence-electron chi connectivity index (χ1n) is 4.54. The SMILES string of the molecule is Cc1nc(C(=O)N[C@H](CC(=O)O)C(=O)O)n[nH]1. The first-order valence-corrected chi connectivity index (χ1v) is 4.54. The molecule has 1 rings (SSSR count). The van der Waals surface area contributed by atoms with Gasteiger partial charge in [-0.1, -0.05) is 0 Å². The third-order valence-electron chi connectivity index (χ3n) is 1.78. The Hall–Kier alpha value is -2.45. The minimum Gasteiger partial charge on any atom is -0.481 e. The van der Waals surface area contributed by atoms with E-state index in [1.807, 2.05) is 5.32 Å². The topological polar surface area (TPSA) is 145 Å². The predicted molar refractivity (Wildman–Crippen MR) is 52.3 cm³/mol. The largest absolute Gasteiger partial charge is 0.481 e. The molecule has 1 amide bonds. The fourth-order valence-corrected chi connectivity index (χ4v) is 1.04. The Morgan fingerprint density at radius 3 is 2.47 bits per heavy atom. The summed E-state index contributed by atoms with van der Waals surface area (Å²) >= 11 is 0. The molecule has 9 nitrogen and oxygen atoms in total. The van der Waals surface area contributed by atoms with E-state index in [4.69, 9.17) is 10.2 Å². The van der Waals surface area contributed by atoms with E-state index in [0.29, 0.717) is 5.82 Å². The highest BCUT2D eigenvalue weighted by molar-refractivity contribution is 5.94. The van der Waals surface area contributed by atoms with Gasteiger partial charge in [0.25, 0.3) is 5.91 Å². The van der Waals surface area contributed by atoms with Crippen molar-refractivity contribution in [1.82, 2.24) is 20.5 Å². The van der Waals surface area contributed by atoms with Crippen molar-refractivity contribution in [2.45, 2.75) is 19.4 Å². The third-order valence-corrected chi connectivity index (χ3v) is 1.78. The molecule has 0 saturated heterocycles. The van der Waals surface area contributed by atoms with Gasteiger partial charge in [0.05, 0.1) is 6.42 Å². The number of aromatic nitrogens is 3. The number of H-pyrrole nitrogens is 1. The van der Waals surface area contributed by atoms with E-state index in [2.05, 4.69) is 15.2 Å². The van der Waals surface area contributed by atoms with Gasteiger partial charge in [-0.25, -0.2) is 9.78 Å². The Kier molecular flexibility index (Phi) is 3.75. The number of carboxylic acid groups (broad SMARTS) is 2. The summed E-state index contributed by atoms with van der Waals surface area (Å²) in [5.74, 6) is -3.46. The number of aryl methyl sites for hydroxylation is 1. The average Bonchev–Trinajstić information content (AvgIpc) is 2.63. The zero-order valence-corrected chi connectivity index (χ0v) is 8.80. The smallest absolute Gasteiger partial charge is 0.326 e. The summed E-state index contributed by atoms with van der Waals surface area (Å²) in [6.45, 7) is 1.57. The summed E-state index contributed by atoms with van der Waals surface area (Å²) in [6, 6.07) is -1.51. The van der Waals surface area contributed by atoms with E-state index >= 15 is 0 Å². The van der Waals surface area contributed by atoms with Crippen LogP contribution in [0.4, 0.5) is 0 Å². The van der Waals surface area contributed by atoms with E-state index in [-0.39, 0.29) is 5.82 Å². The molecule has 1 heterocycles. The van der Waals surface area contributed by atoms with Crippen molar-refractivity contribution in [3.8, 4) is 0 Å². The molecule has 0 unspecified atom stereocenters. The van der Waals surface area contributed by atoms with Crippen molar-refractivity contribution >= 4 is 17.8 Å². The maximum Gasteiger partial charge on any atom is 0.326 e. The Balaban J connectivity index is 2.70. The van der Waals surface area contributed by atoms with Gasteiger partial charge in [0.15, 0.2) is 0 Å². The van der Waals surface area contributed by atoms with E-state index in [9.17, 15) is 14.4 Å². The Morgan fingerprint density at radius 2 is 2.06 bits per heavy atom. The molecule has 0 saturated carbocycles. The van der Waals surface area contributed by atoms with Gasteiger partial charge in [0.2, 0.25) is 5.82 Å². The van der Waals surface area contributed by atoms with Crippen LogP contribution in [0.15, 0.2) is 0 Å². The van der Waals surface area contributed by atoms with E-state index in [0.717, 1.165) is 0 Å². The maximum atomic E-state index is 11.4. The van der Waals surface area contributed by atoms with Gasteiger partial charge < -0.3 is 15.5 Å². The first kappa shape index (κ1) is 12.6. The molecule has 1 atom stereocenters. The van der Waals surface area contributed by atoms with Crippen molar-refractivity contribution in [2.75, 3.05) is 0 Å². The lowest BCUT2D eigenvalue weighted by atomic mass is 10.2. The Bertz CT molecular complexity index is 455. The molecule has 0 aromatic carbocycles. The predicted octanol–water partition coefficient (Wildman–Crippen LogP) is -1.23. The summed E-state index contributed by atoms with van der Waals surface area (Å²) in [4.78, 5) is 36.2. The van der Waals surface area contributed by atoms with Crippen LogP contribution >= 0.6 is 0 Å². The number of hydrogen-bond donors (Lipinski definition) is 4. The molecule has 0 spiro atoms. The summed E-state index contributed by atoms with van der Waals surface area (Å²) in [5, 5.41) is 25.1. The number of amides is 1. The van der Waals surface area contributed by atoms with Crippen LogP contribution in [0.25, 0.3) is 0 Å². The molecule has 0 bridgehead atoms. The van der Waals surface area contributed by atoms with Gasteiger partial charge in [-0.15, -0.1) is 5.10 Å². The second kappa shape index (κ2) is 5.05. The molecule has 0 fully saturated rings. The van der Waals surface area contributed by atoms with Crippen LogP contribution in [-0.2, 0) is 9.59 Å². The third kappa shape index (κ3) is 3.55. The molecule has 0 aliphatic carbocycles. The molecule has 0 aliphatic heterocycles. The van der Waals surface area contributed by atoms with Crippen molar-refractivity contribution < 1.29 is 24.6 Å². The molecule has 0 radical (unpaired) electrons. The Morgan fingerprint density at radius 1 is 1.41 bits per heavy atom. The van der Waals surface area contributed by atoms with Crippen molar-refractivity contribution in [2.24, 2.45) is 0 Å². The van der Waals surface area contributed by atoms with Crippen LogP contribution in [0.2, 0.25) is 0 Å². The molecule has 9 heteroatoms. The summed E-state index contributed by atoms with van der Waals surface area (Å²) in [6.07, 6.45) is -0.718. The highest BCUT2D eigenvalue weighted by Crippen LogP contribution is 1.96. The minimum absolute atomic E-state index is 0.237. The van der Waals surface area contributed by atoms with Crippen LogP contribution in [-0.4, -0.2) is 49.3 Å². The van der Waals surface area contributed by atoms with Gasteiger partial charge in [0.1, 0.15) is 11.9 Å². The minimum atomic E-state index is -1.51. The second-order valence-electron chi connectivity index (χ2n) is 3.21. The zero-order valence-electron chi connectivity index (χ0n) is 8.80. The summed E-state index contributed by atoms with van der Waals surface area (Å²) < 4.78 is 0. The van der Waals surface area contributed by atoms with Gasteiger partial charge in [-0.2, -0.15) is 0 Å². The number of carboxylic acids is 2. The van der Waals surface area contributed by atoms with E-state index in [1.54, 1.807) is 6.92 Å². The highest BCUT2D eigenvalue weighted by Gasteiger charge is 2.24. The monoisotopic (exact) mass is 242 g/mol. The Labute approximate surface area is 94.9 Å². The van der Waals surface area contributed by atoms with Gasteiger partial charge in [-0.3, -0.25) is 14.7 Å². The van der Waals surface area contributed by atoms with Crippen LogP contribution < -0.4 is 5.32 Å². The highest BCUT2D eigenvalue weighted by atomic mass is 16.4. The average molecular weight is 242 g/mol. The lowest BCUT2D eigenvalue weighted by molar-refractivity contribution is -0.145. The number of carbonyl (C=O) groups is 3. The van der Waals surface area contributed by atoms with Crippen LogP contribution in [0.3, 0.4) is 0 Å². The fourth-order valence-electron chi connectivity index (χ4n) is 1.04. The molecule has 0 aliphatic rings. The number of nitrogens with zero attached hydrogens (tertiary/aromatic N) is 2. The molecule has 1 aromatic rings. The second-order valence-corrected chi connectivity index (χ2v) is 3.21. The maximum absolute atomic E-state index is 11.4. The number of rotatable bonds is 5. The summed E-state index contributed by atoms with van der Waals surface area (Å²) in [5.41, 5.74) is 0. The number of aliphatic carboxylic acids is 2. The normalized spacial score (nSPS) is 11.8. The molecule has 92 valence electrons. The molecule has 4 N–H and O–H groups in total. The number of aromatic amines is 1. The van der Waals surface area contributed by atoms with Crippen LogP contribution in [0.5, 0.6) is 0 Å². The quantitative estimate of drug-likeness (QED) is 0.505. The van der Waals surface area contributed by atoms with E-state index < -0.39 is 30.3 Å². The molecular weight excluding hydrogens is 232 g/mol. The number of nitrogens with one attached hydrogen (secondary N) is 2. The molecule has 1 aromatic heterocycles. The zero-order chi connectivity index (χ0) is 13.0. The molecule has 17 heavy (non-hydrogen) atoms. The first-order chi connectivity index (χ1) is 7.90.